The first-order valence-corrected chi connectivity index (χ1v) is 7.88. The Kier molecular flexibility index (Phi) is 4.06. The number of nitrogens with zero attached hydrogens (tertiary/aromatic N) is 3. The van der Waals surface area contributed by atoms with Crippen LogP contribution in [0.4, 0.5) is 5.82 Å². The van der Waals surface area contributed by atoms with E-state index >= 15 is 0 Å². The predicted molar refractivity (Wildman–Crippen MR) is 84.8 cm³/mol. The highest BCUT2D eigenvalue weighted by molar-refractivity contribution is 5.93. The van der Waals surface area contributed by atoms with Crippen LogP contribution in [0.1, 0.15) is 29.6 Å². The molecule has 2 saturated heterocycles. The predicted octanol–water partition coefficient (Wildman–Crippen LogP) is 0.464. The van der Waals surface area contributed by atoms with Gasteiger partial charge in [0, 0.05) is 36.3 Å². The molecule has 1 aromatic rings. The topological polar surface area (TPSA) is 82.7 Å². The van der Waals surface area contributed by atoms with E-state index in [1.807, 2.05) is 0 Å². The first-order valence-electron chi connectivity index (χ1n) is 7.88. The number of rotatable bonds is 3. The molecule has 2 atom stereocenters. The van der Waals surface area contributed by atoms with Gasteiger partial charge < -0.3 is 20.6 Å². The van der Waals surface area contributed by atoms with Gasteiger partial charge in [-0.3, -0.25) is 4.79 Å². The van der Waals surface area contributed by atoms with Gasteiger partial charge in [-0.2, -0.15) is 0 Å². The van der Waals surface area contributed by atoms with Crippen molar-refractivity contribution >= 4 is 11.7 Å². The molecule has 0 bridgehead atoms. The molecule has 2 aliphatic heterocycles. The molecule has 6 heteroatoms. The van der Waals surface area contributed by atoms with Crippen molar-refractivity contribution in [3.05, 3.63) is 23.9 Å². The number of fused-ring (bicyclic) bond motifs is 1. The number of carbonyl (C=O) groups excluding carboxylic acids is 1. The minimum absolute atomic E-state index is 0.00476. The van der Waals surface area contributed by atoms with Crippen molar-refractivity contribution in [3.63, 3.8) is 0 Å². The van der Waals surface area contributed by atoms with Crippen molar-refractivity contribution in [1.29, 1.82) is 0 Å². The van der Waals surface area contributed by atoms with Gasteiger partial charge in [-0.15, -0.1) is 0 Å². The van der Waals surface area contributed by atoms with Gasteiger partial charge in [0.25, 0.3) is 0 Å². The molecule has 0 unspecified atom stereocenters. The van der Waals surface area contributed by atoms with E-state index in [9.17, 15) is 9.90 Å². The average Bonchev–Trinajstić information content (AvgIpc) is 2.55. The summed E-state index contributed by atoms with van der Waals surface area (Å²) in [6.07, 6.45) is 4.80. The summed E-state index contributed by atoms with van der Waals surface area (Å²) in [4.78, 5) is 20.3. The van der Waals surface area contributed by atoms with Crippen LogP contribution >= 0.6 is 0 Å². The maximum absolute atomic E-state index is 11.3. The Hall–Kier alpha value is -1.66. The highest BCUT2D eigenvalue weighted by atomic mass is 16.3. The minimum Gasteiger partial charge on any atom is -0.396 e. The van der Waals surface area contributed by atoms with Gasteiger partial charge in [-0.1, -0.05) is 0 Å². The van der Waals surface area contributed by atoms with Gasteiger partial charge in [0.1, 0.15) is 5.82 Å². The Labute approximate surface area is 130 Å². The van der Waals surface area contributed by atoms with Gasteiger partial charge in [-0.25, -0.2) is 4.98 Å². The van der Waals surface area contributed by atoms with Crippen LogP contribution in [0.3, 0.4) is 0 Å². The fraction of sp³-hybridized carbons (Fsp3) is 0.625. The second-order valence-electron chi connectivity index (χ2n) is 6.58. The second kappa shape index (κ2) is 5.85. The fourth-order valence-corrected chi connectivity index (χ4v) is 3.97. The number of likely N-dealkylation sites (tertiary alicyclic amines) is 1. The van der Waals surface area contributed by atoms with Crippen LogP contribution in [0, 0.1) is 5.41 Å². The summed E-state index contributed by atoms with van der Waals surface area (Å²) in [5, 5.41) is 9.95. The van der Waals surface area contributed by atoms with Crippen LogP contribution in [-0.2, 0) is 0 Å². The fourth-order valence-electron chi connectivity index (χ4n) is 3.97. The molecule has 0 aliphatic carbocycles. The number of hydrogen-bond acceptors (Lipinski definition) is 5. The molecule has 1 amide bonds. The zero-order valence-electron chi connectivity index (χ0n) is 13.0. The summed E-state index contributed by atoms with van der Waals surface area (Å²) in [5.74, 6) is 0.363. The number of anilines is 1. The smallest absolute Gasteiger partial charge is 0.248 e. The number of aliphatic hydroxyl groups excluding tert-OH is 1. The summed E-state index contributed by atoms with van der Waals surface area (Å²) in [6.45, 7) is 2.98. The molecule has 22 heavy (non-hydrogen) atoms. The molecular weight excluding hydrogens is 280 g/mol. The van der Waals surface area contributed by atoms with Crippen molar-refractivity contribution < 1.29 is 9.90 Å². The maximum Gasteiger partial charge on any atom is 0.248 e. The Balaban J connectivity index is 1.83. The zero-order valence-corrected chi connectivity index (χ0v) is 13.0. The lowest BCUT2D eigenvalue weighted by molar-refractivity contribution is -0.0277. The molecule has 3 heterocycles. The summed E-state index contributed by atoms with van der Waals surface area (Å²) in [5.41, 5.74) is 5.85. The highest BCUT2D eigenvalue weighted by Crippen LogP contribution is 2.42. The van der Waals surface area contributed by atoms with Crippen LogP contribution in [0.5, 0.6) is 0 Å². The summed E-state index contributed by atoms with van der Waals surface area (Å²) in [7, 11) is 2.13. The number of piperidine rings is 2. The van der Waals surface area contributed by atoms with E-state index in [2.05, 4.69) is 21.8 Å². The van der Waals surface area contributed by atoms with Crippen molar-refractivity contribution in [2.75, 3.05) is 38.2 Å². The molecule has 0 aromatic carbocycles. The Bertz CT molecular complexity index is 565. The number of hydrogen-bond donors (Lipinski definition) is 2. The van der Waals surface area contributed by atoms with E-state index in [1.54, 1.807) is 18.3 Å². The normalized spacial score (nSPS) is 29.2. The molecule has 1 aromatic heterocycles. The molecular formula is C16H24N4O2. The van der Waals surface area contributed by atoms with Crippen LogP contribution in [-0.4, -0.2) is 60.2 Å². The summed E-state index contributed by atoms with van der Waals surface area (Å²) in [6, 6.07) is 3.72. The number of carbonyl (C=O) groups is 1. The quantitative estimate of drug-likeness (QED) is 0.848. The number of pyridine rings is 1. The number of likely N-dealkylation sites (N-methyl/N-ethyl adjacent to an activating group) is 1. The van der Waals surface area contributed by atoms with E-state index in [1.165, 1.54) is 0 Å². The van der Waals surface area contributed by atoms with E-state index in [4.69, 9.17) is 5.73 Å². The van der Waals surface area contributed by atoms with Crippen LogP contribution in [0.15, 0.2) is 18.3 Å². The molecule has 0 spiro atoms. The molecule has 2 fully saturated rings. The number of primary amides is 1. The lowest BCUT2D eigenvalue weighted by atomic mass is 9.69. The Morgan fingerprint density at radius 2 is 2.32 bits per heavy atom. The van der Waals surface area contributed by atoms with E-state index < -0.39 is 5.91 Å². The largest absolute Gasteiger partial charge is 0.396 e. The highest BCUT2D eigenvalue weighted by Gasteiger charge is 2.46. The zero-order chi connectivity index (χ0) is 15.7. The van der Waals surface area contributed by atoms with Gasteiger partial charge in [0.15, 0.2) is 0 Å². The molecule has 3 N–H and O–H groups in total. The first kappa shape index (κ1) is 15.2. The van der Waals surface area contributed by atoms with Crippen LogP contribution in [0.25, 0.3) is 0 Å². The molecule has 120 valence electrons. The third-order valence-corrected chi connectivity index (χ3v) is 5.37. The summed E-state index contributed by atoms with van der Waals surface area (Å²) < 4.78 is 0. The molecule has 3 rings (SSSR count). The minimum atomic E-state index is -0.430. The van der Waals surface area contributed by atoms with Crippen LogP contribution in [0.2, 0.25) is 0 Å². The van der Waals surface area contributed by atoms with Crippen molar-refractivity contribution in [2.45, 2.75) is 25.3 Å². The third-order valence-electron chi connectivity index (χ3n) is 5.37. The maximum atomic E-state index is 11.3. The number of nitrogens with two attached hydrogens (primary N) is 1. The standard InChI is InChI=1S/C16H24N4O2/c1-19-7-2-4-16(11-21)5-8-20(10-13(16)19)14-9-12(15(17)22)3-6-18-14/h3,6,9,13,21H,2,4-5,7-8,10-11H2,1H3,(H2,17,22)/t13-,16-/m1/s1. The van der Waals surface area contributed by atoms with Crippen molar-refractivity contribution in [3.8, 4) is 0 Å². The van der Waals surface area contributed by atoms with E-state index in [0.717, 1.165) is 44.7 Å². The number of aliphatic hydroxyl groups is 1. The molecule has 0 radical (unpaired) electrons. The van der Waals surface area contributed by atoms with Crippen molar-refractivity contribution in [1.82, 2.24) is 9.88 Å². The Morgan fingerprint density at radius 3 is 3.05 bits per heavy atom. The number of aromatic nitrogens is 1. The van der Waals surface area contributed by atoms with Gasteiger partial charge in [0.05, 0.1) is 6.61 Å². The van der Waals surface area contributed by atoms with Crippen LogP contribution < -0.4 is 10.6 Å². The molecule has 0 saturated carbocycles. The van der Waals surface area contributed by atoms with Gasteiger partial charge in [-0.05, 0) is 45.0 Å². The molecule has 2 aliphatic rings. The second-order valence-corrected chi connectivity index (χ2v) is 6.58. The lowest BCUT2D eigenvalue weighted by Crippen LogP contribution is -2.61. The summed E-state index contributed by atoms with van der Waals surface area (Å²) >= 11 is 0. The molecule has 6 nitrogen and oxygen atoms in total. The lowest BCUT2D eigenvalue weighted by Gasteiger charge is -2.53. The van der Waals surface area contributed by atoms with E-state index in [-0.39, 0.29) is 12.0 Å². The van der Waals surface area contributed by atoms with Gasteiger partial charge >= 0.3 is 0 Å². The monoisotopic (exact) mass is 304 g/mol. The first-order chi connectivity index (χ1) is 10.6. The Morgan fingerprint density at radius 1 is 1.50 bits per heavy atom. The van der Waals surface area contributed by atoms with Gasteiger partial charge in [0.2, 0.25) is 5.91 Å². The SMILES string of the molecule is CN1CCC[C@]2(CO)CCN(c3cc(C(N)=O)ccn3)C[C@@H]12. The number of amides is 1. The third kappa shape index (κ3) is 2.57. The van der Waals surface area contributed by atoms with Crippen molar-refractivity contribution in [2.24, 2.45) is 11.1 Å². The van der Waals surface area contributed by atoms with E-state index in [0.29, 0.717) is 11.6 Å². The average molecular weight is 304 g/mol.